The van der Waals surface area contributed by atoms with E-state index in [9.17, 15) is 14.7 Å². The molecule has 1 atom stereocenters. The first kappa shape index (κ1) is 24.7. The van der Waals surface area contributed by atoms with Gasteiger partial charge in [-0.3, -0.25) is 9.69 Å². The summed E-state index contributed by atoms with van der Waals surface area (Å²) in [5.41, 5.74) is 4.46. The molecule has 0 bridgehead atoms. The minimum atomic E-state index is -0.666. The third-order valence-electron chi connectivity index (χ3n) is 6.09. The Morgan fingerprint density at radius 1 is 1.03 bits per heavy atom. The highest BCUT2D eigenvalue weighted by molar-refractivity contribution is 6.30. The molecule has 35 heavy (non-hydrogen) atoms. The monoisotopic (exact) mass is 492 g/mol. The van der Waals surface area contributed by atoms with Crippen molar-refractivity contribution < 1.29 is 14.7 Å². The van der Waals surface area contributed by atoms with Gasteiger partial charge in [-0.25, -0.2) is 4.79 Å². The van der Waals surface area contributed by atoms with E-state index in [1.54, 1.807) is 55.6 Å². The molecule has 0 saturated heterocycles. The van der Waals surface area contributed by atoms with Crippen LogP contribution in [-0.4, -0.2) is 54.7 Å². The number of carbonyl (C=O) groups excluding carboxylic acids is 2. The lowest BCUT2D eigenvalue weighted by molar-refractivity contribution is 0.0993. The number of aliphatic hydroxyl groups excluding tert-OH is 1. The molecule has 0 aliphatic carbocycles. The van der Waals surface area contributed by atoms with Gasteiger partial charge in [0.2, 0.25) is 0 Å². The van der Waals surface area contributed by atoms with Gasteiger partial charge in [-0.2, -0.15) is 0 Å². The van der Waals surface area contributed by atoms with Crippen LogP contribution in [0.3, 0.4) is 0 Å². The normalized spacial score (nSPS) is 14.0. The maximum Gasteiger partial charge on any atom is 0.319 e. The lowest BCUT2D eigenvalue weighted by Crippen LogP contribution is -2.42. The van der Waals surface area contributed by atoms with Crippen molar-refractivity contribution in [2.75, 3.05) is 36.9 Å². The minimum absolute atomic E-state index is 0.153. The van der Waals surface area contributed by atoms with Gasteiger partial charge in [-0.05, 0) is 66.1 Å². The molecule has 7 nitrogen and oxygen atoms in total. The summed E-state index contributed by atoms with van der Waals surface area (Å²) in [6.07, 6.45) is 0.300. The van der Waals surface area contributed by atoms with Gasteiger partial charge in [0.25, 0.3) is 5.91 Å². The molecule has 1 unspecified atom stereocenters. The molecular formula is C27H29ClN4O3. The van der Waals surface area contributed by atoms with Crippen LogP contribution in [0.1, 0.15) is 21.5 Å². The van der Waals surface area contributed by atoms with Crippen molar-refractivity contribution in [3.63, 3.8) is 0 Å². The van der Waals surface area contributed by atoms with Crippen LogP contribution in [0.5, 0.6) is 0 Å². The molecule has 1 aliphatic heterocycles. The molecule has 3 N–H and O–H groups in total. The predicted molar refractivity (Wildman–Crippen MR) is 139 cm³/mol. The zero-order valence-corrected chi connectivity index (χ0v) is 20.3. The minimum Gasteiger partial charge on any atom is -0.390 e. The number of nitrogens with zero attached hydrogens (tertiary/aromatic N) is 2. The van der Waals surface area contributed by atoms with E-state index in [1.807, 2.05) is 6.07 Å². The fourth-order valence-electron chi connectivity index (χ4n) is 4.13. The van der Waals surface area contributed by atoms with E-state index < -0.39 is 12.1 Å². The van der Waals surface area contributed by atoms with E-state index in [0.717, 1.165) is 19.5 Å². The van der Waals surface area contributed by atoms with Gasteiger partial charge >= 0.3 is 6.03 Å². The number of urea groups is 1. The number of benzene rings is 3. The van der Waals surface area contributed by atoms with Crippen LogP contribution in [0.2, 0.25) is 5.02 Å². The largest absolute Gasteiger partial charge is 0.390 e. The second-order valence-corrected chi connectivity index (χ2v) is 9.10. The second kappa shape index (κ2) is 11.4. The molecule has 4 rings (SSSR count). The number of anilines is 2. The summed E-state index contributed by atoms with van der Waals surface area (Å²) in [5.74, 6) is -0.161. The summed E-state index contributed by atoms with van der Waals surface area (Å²) in [7, 11) is 1.69. The summed E-state index contributed by atoms with van der Waals surface area (Å²) in [6, 6.07) is 21.6. The third-order valence-corrected chi connectivity index (χ3v) is 6.34. The van der Waals surface area contributed by atoms with Crippen molar-refractivity contribution in [2.24, 2.45) is 0 Å². The van der Waals surface area contributed by atoms with Crippen LogP contribution < -0.4 is 15.5 Å². The lowest BCUT2D eigenvalue weighted by atomic mass is 10.00. The molecular weight excluding hydrogens is 464 g/mol. The van der Waals surface area contributed by atoms with Crippen LogP contribution in [0.4, 0.5) is 16.2 Å². The number of β-amino-alcohol motifs (C(OH)–C–C–N with tert-alkyl or cyclic N) is 1. The molecule has 182 valence electrons. The first-order valence-electron chi connectivity index (χ1n) is 11.5. The number of aliphatic hydroxyl groups is 1. The Morgan fingerprint density at radius 2 is 1.71 bits per heavy atom. The number of carbonyl (C=O) groups is 2. The average Bonchev–Trinajstić information content (AvgIpc) is 2.87. The molecule has 3 amide bonds. The van der Waals surface area contributed by atoms with Gasteiger partial charge in [0.05, 0.1) is 6.10 Å². The van der Waals surface area contributed by atoms with Crippen LogP contribution in [-0.2, 0) is 13.0 Å². The SMILES string of the molecule is CN(C(=O)c1ccc(Cl)cc1)c1ccc(NC(=O)NCC(O)CN2CCc3ccccc3C2)cc1. The number of hydrogen-bond donors (Lipinski definition) is 3. The number of rotatable bonds is 7. The molecule has 1 heterocycles. The number of fused-ring (bicyclic) bond motifs is 1. The quantitative estimate of drug-likeness (QED) is 0.462. The average molecular weight is 493 g/mol. The van der Waals surface area contributed by atoms with Gasteiger partial charge in [-0.1, -0.05) is 35.9 Å². The summed E-state index contributed by atoms with van der Waals surface area (Å²) < 4.78 is 0. The van der Waals surface area contributed by atoms with Gasteiger partial charge in [0.15, 0.2) is 0 Å². The van der Waals surface area contributed by atoms with Crippen LogP contribution >= 0.6 is 11.6 Å². The number of nitrogens with one attached hydrogen (secondary N) is 2. The highest BCUT2D eigenvalue weighted by Crippen LogP contribution is 2.20. The Labute approximate surface area is 210 Å². The standard InChI is InChI=1S/C27H29ClN4O3/c1-31(26(34)20-6-8-22(28)9-7-20)24-12-10-23(11-13-24)30-27(35)29-16-25(33)18-32-15-14-19-4-2-3-5-21(19)17-32/h2-13,25,33H,14-18H2,1H3,(H2,29,30,35). The van der Waals surface area contributed by atoms with E-state index in [4.69, 9.17) is 11.6 Å². The topological polar surface area (TPSA) is 84.9 Å². The van der Waals surface area contributed by atoms with E-state index >= 15 is 0 Å². The van der Waals surface area contributed by atoms with Crippen molar-refractivity contribution in [3.8, 4) is 0 Å². The maximum atomic E-state index is 12.6. The fraction of sp³-hybridized carbons (Fsp3) is 0.259. The molecule has 0 saturated carbocycles. The summed E-state index contributed by atoms with van der Waals surface area (Å²) in [5, 5.41) is 16.4. The summed E-state index contributed by atoms with van der Waals surface area (Å²) in [4.78, 5) is 28.7. The predicted octanol–water partition coefficient (Wildman–Crippen LogP) is 4.16. The molecule has 0 spiro atoms. The van der Waals surface area contributed by atoms with Gasteiger partial charge in [0, 0.05) is 55.2 Å². The number of amides is 3. The fourth-order valence-corrected chi connectivity index (χ4v) is 4.26. The van der Waals surface area contributed by atoms with Gasteiger partial charge < -0.3 is 20.6 Å². The molecule has 3 aromatic rings. The zero-order chi connectivity index (χ0) is 24.8. The molecule has 1 aliphatic rings. The smallest absolute Gasteiger partial charge is 0.319 e. The summed E-state index contributed by atoms with van der Waals surface area (Å²) in [6.45, 7) is 2.35. The van der Waals surface area contributed by atoms with Gasteiger partial charge in [0.1, 0.15) is 0 Å². The van der Waals surface area contributed by atoms with Crippen molar-refractivity contribution >= 4 is 34.9 Å². The van der Waals surface area contributed by atoms with Crippen molar-refractivity contribution in [3.05, 3.63) is 94.5 Å². The van der Waals surface area contributed by atoms with Crippen LogP contribution in [0, 0.1) is 0 Å². The zero-order valence-electron chi connectivity index (χ0n) is 19.6. The molecule has 0 radical (unpaired) electrons. The van der Waals surface area contributed by atoms with Crippen molar-refractivity contribution in [2.45, 2.75) is 19.1 Å². The Balaban J connectivity index is 1.22. The maximum absolute atomic E-state index is 12.6. The van der Waals surface area contributed by atoms with Gasteiger partial charge in [-0.15, -0.1) is 0 Å². The third kappa shape index (κ3) is 6.60. The van der Waals surface area contributed by atoms with Crippen molar-refractivity contribution in [1.29, 1.82) is 0 Å². The first-order chi connectivity index (χ1) is 16.9. The Hall–Kier alpha value is -3.39. The second-order valence-electron chi connectivity index (χ2n) is 8.66. The van der Waals surface area contributed by atoms with E-state index in [0.29, 0.717) is 28.5 Å². The molecule has 0 aromatic heterocycles. The number of hydrogen-bond acceptors (Lipinski definition) is 4. The van der Waals surface area contributed by atoms with E-state index in [-0.39, 0.29) is 12.5 Å². The molecule has 8 heteroatoms. The van der Waals surface area contributed by atoms with Crippen LogP contribution in [0.15, 0.2) is 72.8 Å². The molecule has 0 fully saturated rings. The van der Waals surface area contributed by atoms with E-state index in [1.165, 1.54) is 16.0 Å². The van der Waals surface area contributed by atoms with Crippen molar-refractivity contribution in [1.82, 2.24) is 10.2 Å². The highest BCUT2D eigenvalue weighted by Gasteiger charge is 2.19. The number of halogens is 1. The first-order valence-corrected chi connectivity index (χ1v) is 11.9. The Bertz CT molecular complexity index is 1170. The molecule has 3 aromatic carbocycles. The van der Waals surface area contributed by atoms with E-state index in [2.05, 4.69) is 33.7 Å². The highest BCUT2D eigenvalue weighted by atomic mass is 35.5. The Morgan fingerprint density at radius 3 is 2.43 bits per heavy atom. The Kier molecular flexibility index (Phi) is 8.02. The summed E-state index contributed by atoms with van der Waals surface area (Å²) >= 11 is 5.89. The van der Waals surface area contributed by atoms with Crippen LogP contribution in [0.25, 0.3) is 0 Å². The lowest BCUT2D eigenvalue weighted by Gasteiger charge is -2.30.